The molecule has 2 aromatic rings. The van der Waals surface area contributed by atoms with Crippen molar-refractivity contribution in [3.05, 3.63) is 35.2 Å². The van der Waals surface area contributed by atoms with E-state index in [9.17, 15) is 0 Å². The molecule has 0 aliphatic carbocycles. The molecule has 0 atom stereocenters. The molecule has 0 amide bonds. The van der Waals surface area contributed by atoms with Crippen molar-refractivity contribution in [2.24, 2.45) is 0 Å². The largest absolute Gasteiger partial charge is 0.310 e. The molecule has 0 saturated carbocycles. The van der Waals surface area contributed by atoms with Crippen LogP contribution in [0, 0.1) is 0 Å². The Hall–Kier alpha value is -1.10. The van der Waals surface area contributed by atoms with Crippen molar-refractivity contribution in [3.63, 3.8) is 0 Å². The van der Waals surface area contributed by atoms with Gasteiger partial charge in [0.2, 0.25) is 0 Å². The van der Waals surface area contributed by atoms with E-state index in [1.807, 2.05) is 28.9 Å². The molecule has 104 valence electrons. The number of hydrogen-bond donors (Lipinski definition) is 1. The second-order valence-corrected chi connectivity index (χ2v) is 4.99. The number of nitrogens with zero attached hydrogens (tertiary/aromatic N) is 3. The first-order valence-corrected chi connectivity index (χ1v) is 7.17. The van der Waals surface area contributed by atoms with Crippen molar-refractivity contribution in [2.75, 3.05) is 26.2 Å². The number of halogens is 1. The molecular weight excluding hydrogens is 260 g/mol. The first-order chi connectivity index (χ1) is 9.22. The SMILES string of the molecule is CCN(CC)CCNCc1cn2cc(Cl)ccc2n1. The lowest BCUT2D eigenvalue weighted by atomic mass is 10.4. The normalized spacial score (nSPS) is 11.6. The van der Waals surface area contributed by atoms with Crippen LogP contribution in [-0.4, -0.2) is 40.5 Å². The Labute approximate surface area is 119 Å². The molecule has 19 heavy (non-hydrogen) atoms. The van der Waals surface area contributed by atoms with Crippen LogP contribution in [0.3, 0.4) is 0 Å². The summed E-state index contributed by atoms with van der Waals surface area (Å²) in [6, 6.07) is 3.79. The third kappa shape index (κ3) is 3.93. The zero-order valence-electron chi connectivity index (χ0n) is 11.6. The van der Waals surface area contributed by atoms with E-state index in [0.29, 0.717) is 0 Å². The van der Waals surface area contributed by atoms with Gasteiger partial charge in [0.05, 0.1) is 10.7 Å². The average molecular weight is 281 g/mol. The van der Waals surface area contributed by atoms with Crippen LogP contribution in [0.4, 0.5) is 0 Å². The van der Waals surface area contributed by atoms with Crippen molar-refractivity contribution in [3.8, 4) is 0 Å². The van der Waals surface area contributed by atoms with Gasteiger partial charge in [-0.3, -0.25) is 0 Å². The molecule has 0 aliphatic rings. The molecule has 0 unspecified atom stereocenters. The van der Waals surface area contributed by atoms with Crippen molar-refractivity contribution >= 4 is 17.2 Å². The summed E-state index contributed by atoms with van der Waals surface area (Å²) < 4.78 is 1.96. The topological polar surface area (TPSA) is 32.6 Å². The van der Waals surface area contributed by atoms with Gasteiger partial charge in [-0.1, -0.05) is 25.4 Å². The Morgan fingerprint density at radius 1 is 1.26 bits per heavy atom. The van der Waals surface area contributed by atoms with Gasteiger partial charge >= 0.3 is 0 Å². The Kier molecular flexibility index (Phi) is 5.19. The number of imidazole rings is 1. The molecule has 5 heteroatoms. The molecule has 2 rings (SSSR count). The van der Waals surface area contributed by atoms with Gasteiger partial charge in [-0.2, -0.15) is 0 Å². The standard InChI is InChI=1S/C14H21ClN4/c1-3-18(4-2)8-7-16-9-13-11-19-10-12(15)5-6-14(19)17-13/h5-6,10-11,16H,3-4,7-9H2,1-2H3. The van der Waals surface area contributed by atoms with Crippen LogP contribution in [0.15, 0.2) is 24.5 Å². The number of rotatable bonds is 7. The average Bonchev–Trinajstić information content (AvgIpc) is 2.80. The first-order valence-electron chi connectivity index (χ1n) is 6.79. The Morgan fingerprint density at radius 2 is 2.05 bits per heavy atom. The van der Waals surface area contributed by atoms with Gasteiger partial charge in [0, 0.05) is 32.0 Å². The maximum Gasteiger partial charge on any atom is 0.137 e. The molecule has 4 nitrogen and oxygen atoms in total. The fourth-order valence-electron chi connectivity index (χ4n) is 2.10. The molecular formula is C14H21ClN4. The summed E-state index contributed by atoms with van der Waals surface area (Å²) in [7, 11) is 0. The molecule has 0 aromatic carbocycles. The highest BCUT2D eigenvalue weighted by Crippen LogP contribution is 2.11. The first kappa shape index (κ1) is 14.3. The van der Waals surface area contributed by atoms with Crippen molar-refractivity contribution in [1.29, 1.82) is 0 Å². The fourth-order valence-corrected chi connectivity index (χ4v) is 2.26. The van der Waals surface area contributed by atoms with E-state index in [2.05, 4.69) is 29.0 Å². The van der Waals surface area contributed by atoms with Gasteiger partial charge in [-0.05, 0) is 25.2 Å². The summed E-state index contributed by atoms with van der Waals surface area (Å²) in [6.45, 7) is 9.43. The van der Waals surface area contributed by atoms with Gasteiger partial charge in [-0.15, -0.1) is 0 Å². The number of nitrogens with one attached hydrogen (secondary N) is 1. The number of fused-ring (bicyclic) bond motifs is 1. The summed E-state index contributed by atoms with van der Waals surface area (Å²) in [4.78, 5) is 6.94. The zero-order valence-corrected chi connectivity index (χ0v) is 12.3. The van der Waals surface area contributed by atoms with E-state index in [1.165, 1.54) is 0 Å². The minimum absolute atomic E-state index is 0.728. The maximum atomic E-state index is 5.95. The number of likely N-dealkylation sites (N-methyl/N-ethyl adjacent to an activating group) is 1. The molecule has 0 saturated heterocycles. The second-order valence-electron chi connectivity index (χ2n) is 4.55. The van der Waals surface area contributed by atoms with Gasteiger partial charge in [0.15, 0.2) is 0 Å². The van der Waals surface area contributed by atoms with Crippen molar-refractivity contribution in [1.82, 2.24) is 19.6 Å². The van der Waals surface area contributed by atoms with E-state index in [0.717, 1.165) is 49.1 Å². The van der Waals surface area contributed by atoms with Crippen LogP contribution in [0.1, 0.15) is 19.5 Å². The summed E-state index contributed by atoms with van der Waals surface area (Å²) >= 11 is 5.95. The minimum atomic E-state index is 0.728. The molecule has 0 fully saturated rings. The van der Waals surface area contributed by atoms with E-state index in [4.69, 9.17) is 11.6 Å². The summed E-state index contributed by atoms with van der Waals surface area (Å²) in [5.41, 5.74) is 1.98. The van der Waals surface area contributed by atoms with Gasteiger partial charge in [0.1, 0.15) is 5.65 Å². The molecule has 0 radical (unpaired) electrons. The predicted octanol–water partition coefficient (Wildman–Crippen LogP) is 2.42. The molecule has 0 aliphatic heterocycles. The number of aromatic nitrogens is 2. The highest BCUT2D eigenvalue weighted by molar-refractivity contribution is 6.30. The highest BCUT2D eigenvalue weighted by atomic mass is 35.5. The molecule has 1 N–H and O–H groups in total. The van der Waals surface area contributed by atoms with Crippen LogP contribution in [0.5, 0.6) is 0 Å². The highest BCUT2D eigenvalue weighted by Gasteiger charge is 2.02. The predicted molar refractivity (Wildman–Crippen MR) is 79.7 cm³/mol. The van der Waals surface area contributed by atoms with Crippen LogP contribution >= 0.6 is 11.6 Å². The van der Waals surface area contributed by atoms with Gasteiger partial charge in [-0.25, -0.2) is 4.98 Å². The smallest absolute Gasteiger partial charge is 0.137 e. The lowest BCUT2D eigenvalue weighted by Gasteiger charge is -2.17. The van der Waals surface area contributed by atoms with E-state index in [1.54, 1.807) is 0 Å². The van der Waals surface area contributed by atoms with E-state index >= 15 is 0 Å². The molecule has 0 spiro atoms. The number of hydrogen-bond acceptors (Lipinski definition) is 3. The third-order valence-corrected chi connectivity index (χ3v) is 3.49. The minimum Gasteiger partial charge on any atom is -0.310 e. The number of pyridine rings is 1. The van der Waals surface area contributed by atoms with E-state index in [-0.39, 0.29) is 0 Å². The van der Waals surface area contributed by atoms with Gasteiger partial charge in [0.25, 0.3) is 0 Å². The fraction of sp³-hybridized carbons (Fsp3) is 0.500. The second kappa shape index (κ2) is 6.89. The lowest BCUT2D eigenvalue weighted by molar-refractivity contribution is 0.302. The van der Waals surface area contributed by atoms with Crippen molar-refractivity contribution < 1.29 is 0 Å². The van der Waals surface area contributed by atoms with Crippen LogP contribution in [-0.2, 0) is 6.54 Å². The molecule has 0 bridgehead atoms. The Balaban J connectivity index is 1.84. The Bertz CT molecular complexity index is 519. The molecule has 2 aromatic heterocycles. The van der Waals surface area contributed by atoms with Crippen LogP contribution in [0.2, 0.25) is 5.02 Å². The summed E-state index contributed by atoms with van der Waals surface area (Å²) in [5.74, 6) is 0. The summed E-state index contributed by atoms with van der Waals surface area (Å²) in [6.07, 6.45) is 3.90. The zero-order chi connectivity index (χ0) is 13.7. The maximum absolute atomic E-state index is 5.95. The van der Waals surface area contributed by atoms with Crippen LogP contribution < -0.4 is 5.32 Å². The van der Waals surface area contributed by atoms with Crippen LogP contribution in [0.25, 0.3) is 5.65 Å². The lowest BCUT2D eigenvalue weighted by Crippen LogP contribution is -2.31. The quantitative estimate of drug-likeness (QED) is 0.791. The molecule has 2 heterocycles. The van der Waals surface area contributed by atoms with E-state index < -0.39 is 0 Å². The van der Waals surface area contributed by atoms with Gasteiger partial charge < -0.3 is 14.6 Å². The Morgan fingerprint density at radius 3 is 2.79 bits per heavy atom. The summed E-state index contributed by atoms with van der Waals surface area (Å²) in [5, 5.41) is 4.15. The van der Waals surface area contributed by atoms with Crippen molar-refractivity contribution in [2.45, 2.75) is 20.4 Å². The third-order valence-electron chi connectivity index (χ3n) is 3.27. The monoisotopic (exact) mass is 280 g/mol.